The number of nitrogens with one attached hydrogen (secondary N) is 3. The van der Waals surface area contributed by atoms with E-state index < -0.39 is 0 Å². The molecule has 1 saturated heterocycles. The zero-order valence-electron chi connectivity index (χ0n) is 19.1. The predicted molar refractivity (Wildman–Crippen MR) is 142 cm³/mol. The minimum absolute atomic E-state index is 0. The van der Waals surface area contributed by atoms with E-state index in [0.29, 0.717) is 19.0 Å². The summed E-state index contributed by atoms with van der Waals surface area (Å²) < 4.78 is 5.51. The van der Waals surface area contributed by atoms with Crippen LogP contribution in [0.1, 0.15) is 31.7 Å². The van der Waals surface area contributed by atoms with E-state index in [1.54, 1.807) is 14.2 Å². The molecular weight excluding hydrogens is 517 g/mol. The van der Waals surface area contributed by atoms with Gasteiger partial charge in [-0.15, -0.1) is 24.0 Å². The van der Waals surface area contributed by atoms with Gasteiger partial charge in [-0.3, -0.25) is 9.79 Å². The molecule has 1 heterocycles. The summed E-state index contributed by atoms with van der Waals surface area (Å²) in [5.74, 6) is 1.72. The molecule has 0 spiro atoms. The summed E-state index contributed by atoms with van der Waals surface area (Å²) in [5, 5.41) is 9.85. The second-order valence-electron chi connectivity index (χ2n) is 7.67. The lowest BCUT2D eigenvalue weighted by Gasteiger charge is -2.22. The number of benzene rings is 2. The average molecular weight is 551 g/mol. The molecule has 1 aliphatic rings. The number of anilines is 2. The van der Waals surface area contributed by atoms with Gasteiger partial charge in [0, 0.05) is 44.8 Å². The maximum absolute atomic E-state index is 11.8. The highest BCUT2D eigenvalue weighted by molar-refractivity contribution is 14.0. The van der Waals surface area contributed by atoms with E-state index in [2.05, 4.69) is 31.9 Å². The van der Waals surface area contributed by atoms with Gasteiger partial charge >= 0.3 is 0 Å². The summed E-state index contributed by atoms with van der Waals surface area (Å²) in [6, 6.07) is 16.3. The number of aliphatic imine (C=N–C) groups is 1. The molecule has 1 unspecified atom stereocenters. The van der Waals surface area contributed by atoms with Crippen LogP contribution in [0, 0.1) is 0 Å². The summed E-state index contributed by atoms with van der Waals surface area (Å²) in [5.41, 5.74) is 3.03. The van der Waals surface area contributed by atoms with Crippen LogP contribution in [0.4, 0.5) is 11.4 Å². The maximum Gasteiger partial charge on any atom is 0.224 e. The molecule has 0 aliphatic carbocycles. The van der Waals surface area contributed by atoms with Gasteiger partial charge in [-0.25, -0.2) is 0 Å². The van der Waals surface area contributed by atoms with Crippen molar-refractivity contribution in [1.82, 2.24) is 10.6 Å². The third-order valence-electron chi connectivity index (χ3n) is 5.33. The predicted octanol–water partition coefficient (Wildman–Crippen LogP) is 4.00. The number of carbonyl (C=O) groups excluding carboxylic acids is 1. The SMILES string of the molecule is CCCC(=O)Nc1cccc(CNC(=NC)NC2CCN(c3ccccc3OC)C2)c1.I. The first-order valence-corrected chi connectivity index (χ1v) is 10.9. The molecule has 0 radical (unpaired) electrons. The van der Waals surface area contributed by atoms with E-state index in [1.807, 2.05) is 49.4 Å². The maximum atomic E-state index is 11.8. The van der Waals surface area contributed by atoms with Gasteiger partial charge in [0.15, 0.2) is 5.96 Å². The van der Waals surface area contributed by atoms with E-state index in [9.17, 15) is 4.79 Å². The number of rotatable bonds is 8. The molecule has 2 aromatic carbocycles. The van der Waals surface area contributed by atoms with Crippen LogP contribution in [0.15, 0.2) is 53.5 Å². The van der Waals surface area contributed by atoms with Crippen LogP contribution >= 0.6 is 24.0 Å². The van der Waals surface area contributed by atoms with Crippen LogP contribution in [0.2, 0.25) is 0 Å². The van der Waals surface area contributed by atoms with Gasteiger partial charge in [0.25, 0.3) is 0 Å². The highest BCUT2D eigenvalue weighted by Crippen LogP contribution is 2.30. The summed E-state index contributed by atoms with van der Waals surface area (Å²) in [7, 11) is 3.49. The van der Waals surface area contributed by atoms with Crippen molar-refractivity contribution in [3.63, 3.8) is 0 Å². The van der Waals surface area contributed by atoms with Crippen molar-refractivity contribution in [3.8, 4) is 5.75 Å². The van der Waals surface area contributed by atoms with E-state index in [0.717, 1.165) is 54.6 Å². The first-order valence-electron chi connectivity index (χ1n) is 10.9. The molecule has 1 amide bonds. The first-order chi connectivity index (χ1) is 15.1. The van der Waals surface area contributed by atoms with Crippen LogP contribution in [-0.2, 0) is 11.3 Å². The molecule has 1 atom stereocenters. The number of amides is 1. The Bertz CT molecular complexity index is 905. The van der Waals surface area contributed by atoms with Crippen LogP contribution in [-0.4, -0.2) is 45.2 Å². The van der Waals surface area contributed by atoms with Crippen LogP contribution in [0.3, 0.4) is 0 Å². The van der Waals surface area contributed by atoms with Crippen molar-refractivity contribution in [3.05, 3.63) is 54.1 Å². The molecule has 174 valence electrons. The van der Waals surface area contributed by atoms with Crippen molar-refractivity contribution in [2.24, 2.45) is 4.99 Å². The van der Waals surface area contributed by atoms with Gasteiger partial charge in [-0.1, -0.05) is 31.2 Å². The number of guanidine groups is 1. The zero-order chi connectivity index (χ0) is 22.1. The minimum atomic E-state index is 0. The fraction of sp³-hybridized carbons (Fsp3) is 0.417. The fourth-order valence-corrected chi connectivity index (χ4v) is 3.77. The number of nitrogens with zero attached hydrogens (tertiary/aromatic N) is 2. The molecule has 32 heavy (non-hydrogen) atoms. The summed E-state index contributed by atoms with van der Waals surface area (Å²) in [6.45, 7) is 4.48. The van der Waals surface area contributed by atoms with E-state index in [4.69, 9.17) is 4.74 Å². The molecule has 7 nitrogen and oxygen atoms in total. The Morgan fingerprint density at radius 2 is 2.03 bits per heavy atom. The average Bonchev–Trinajstić information content (AvgIpc) is 3.25. The lowest BCUT2D eigenvalue weighted by atomic mass is 10.2. The number of hydrogen-bond donors (Lipinski definition) is 3. The molecule has 0 bridgehead atoms. The Labute approximate surface area is 208 Å². The molecule has 3 N–H and O–H groups in total. The van der Waals surface area contributed by atoms with Gasteiger partial charge in [-0.2, -0.15) is 0 Å². The largest absolute Gasteiger partial charge is 0.495 e. The lowest BCUT2D eigenvalue weighted by Crippen LogP contribution is -2.44. The number of para-hydroxylation sites is 2. The van der Waals surface area contributed by atoms with Gasteiger partial charge < -0.3 is 25.6 Å². The lowest BCUT2D eigenvalue weighted by molar-refractivity contribution is -0.116. The third kappa shape index (κ3) is 7.29. The number of hydrogen-bond acceptors (Lipinski definition) is 4. The summed E-state index contributed by atoms with van der Waals surface area (Å²) >= 11 is 0. The number of ether oxygens (including phenoxy) is 1. The Morgan fingerprint density at radius 1 is 1.22 bits per heavy atom. The van der Waals surface area contributed by atoms with Crippen molar-refractivity contribution in [2.45, 2.75) is 38.8 Å². The molecule has 1 fully saturated rings. The summed E-state index contributed by atoms with van der Waals surface area (Å²) in [4.78, 5) is 18.5. The number of methoxy groups -OCH3 is 1. The monoisotopic (exact) mass is 551 g/mol. The van der Waals surface area contributed by atoms with E-state index in [-0.39, 0.29) is 29.9 Å². The van der Waals surface area contributed by atoms with Crippen LogP contribution in [0.5, 0.6) is 5.75 Å². The number of halogens is 1. The van der Waals surface area contributed by atoms with Crippen LogP contribution in [0.25, 0.3) is 0 Å². The third-order valence-corrected chi connectivity index (χ3v) is 5.33. The molecule has 0 saturated carbocycles. The summed E-state index contributed by atoms with van der Waals surface area (Å²) in [6.07, 6.45) is 2.40. The molecular formula is C24H34IN5O2. The highest BCUT2D eigenvalue weighted by atomic mass is 127. The normalized spacial score (nSPS) is 15.7. The van der Waals surface area contributed by atoms with Gasteiger partial charge in [0.05, 0.1) is 12.8 Å². The van der Waals surface area contributed by atoms with Crippen molar-refractivity contribution in [1.29, 1.82) is 0 Å². The fourth-order valence-electron chi connectivity index (χ4n) is 3.77. The molecule has 2 aromatic rings. The molecule has 1 aliphatic heterocycles. The second kappa shape index (κ2) is 13.1. The number of carbonyl (C=O) groups is 1. The molecule has 3 rings (SSSR count). The Kier molecular flexibility index (Phi) is 10.6. The minimum Gasteiger partial charge on any atom is -0.495 e. The second-order valence-corrected chi connectivity index (χ2v) is 7.67. The van der Waals surface area contributed by atoms with Crippen molar-refractivity contribution < 1.29 is 9.53 Å². The van der Waals surface area contributed by atoms with E-state index in [1.165, 1.54) is 0 Å². The van der Waals surface area contributed by atoms with Gasteiger partial charge in [0.1, 0.15) is 5.75 Å². The Morgan fingerprint density at radius 3 is 2.78 bits per heavy atom. The topological polar surface area (TPSA) is 78.0 Å². The molecule has 8 heteroatoms. The van der Waals surface area contributed by atoms with Crippen molar-refractivity contribution >= 4 is 47.2 Å². The highest BCUT2D eigenvalue weighted by Gasteiger charge is 2.25. The van der Waals surface area contributed by atoms with Crippen LogP contribution < -0.4 is 25.6 Å². The zero-order valence-corrected chi connectivity index (χ0v) is 21.4. The van der Waals surface area contributed by atoms with E-state index >= 15 is 0 Å². The smallest absolute Gasteiger partial charge is 0.224 e. The first kappa shape index (κ1) is 25.8. The standard InChI is InChI=1S/C24H33N5O2.HI/c1-4-8-23(30)27-19-10-7-9-18(15-19)16-26-24(25-2)28-20-13-14-29(17-20)21-11-5-6-12-22(21)31-3;/h5-7,9-12,15,20H,4,8,13-14,16-17H2,1-3H3,(H,27,30)(H2,25,26,28);1H. The quantitative estimate of drug-likeness (QED) is 0.263. The Balaban J connectivity index is 0.00000363. The molecule has 0 aromatic heterocycles. The van der Waals surface area contributed by atoms with Crippen molar-refractivity contribution in [2.75, 3.05) is 37.5 Å². The Hall–Kier alpha value is -2.49. The van der Waals surface area contributed by atoms with Gasteiger partial charge in [-0.05, 0) is 42.7 Å². The van der Waals surface area contributed by atoms with Gasteiger partial charge in [0.2, 0.25) is 5.91 Å².